The highest BCUT2D eigenvalue weighted by Crippen LogP contribution is 2.33. The van der Waals surface area contributed by atoms with E-state index < -0.39 is 6.36 Å². The number of hydrogen-bond acceptors (Lipinski definition) is 3. The van der Waals surface area contributed by atoms with E-state index in [4.69, 9.17) is 5.73 Å². The molecular weight excluding hydrogens is 281 g/mol. The van der Waals surface area contributed by atoms with Crippen molar-refractivity contribution in [3.63, 3.8) is 0 Å². The Hall–Kier alpha value is -2.24. The van der Waals surface area contributed by atoms with Gasteiger partial charge in [0.05, 0.1) is 0 Å². The van der Waals surface area contributed by atoms with Crippen molar-refractivity contribution in [2.24, 2.45) is 0 Å². The third-order valence-electron chi connectivity index (χ3n) is 2.20. The van der Waals surface area contributed by atoms with Crippen LogP contribution >= 0.6 is 0 Å². The summed E-state index contributed by atoms with van der Waals surface area (Å²) in [5.74, 6) is -0.0371. The smallest absolute Gasteiger partial charge is 0.405 e. The van der Waals surface area contributed by atoms with Crippen LogP contribution in [0.4, 0.5) is 19.0 Å². The lowest BCUT2D eigenvalue weighted by molar-refractivity contribution is -0.274. The molecule has 2 rings (SSSR count). The van der Waals surface area contributed by atoms with Crippen molar-refractivity contribution in [1.82, 2.24) is 4.98 Å². The molecule has 0 radical (unpaired) electrons. The van der Waals surface area contributed by atoms with E-state index in [0.717, 1.165) is 0 Å². The Morgan fingerprint density at radius 2 is 1.76 bits per heavy atom. The molecule has 0 aliphatic carbocycles. The molecule has 0 fully saturated rings. The highest BCUT2D eigenvalue weighted by atomic mass is 19.4. The number of nitrogens with zero attached hydrogens (tertiary/aromatic N) is 1. The highest BCUT2D eigenvalue weighted by Gasteiger charge is 2.32. The summed E-state index contributed by atoms with van der Waals surface area (Å²) in [5.41, 5.74) is 6.32. The molecule has 0 unspecified atom stereocenters. The quantitative estimate of drug-likeness (QED) is 0.878. The summed E-state index contributed by atoms with van der Waals surface area (Å²) in [5, 5.41) is 0. The lowest BCUT2D eigenvalue weighted by atomic mass is 10.1. The minimum absolute atomic E-state index is 0.231. The minimum atomic E-state index is -4.73. The normalized spacial score (nSPS) is 10.5. The lowest BCUT2D eigenvalue weighted by Gasteiger charge is -2.13. The van der Waals surface area contributed by atoms with Crippen molar-refractivity contribution in [2.45, 2.75) is 26.6 Å². The lowest BCUT2D eigenvalue weighted by Crippen LogP contribution is -2.17. The summed E-state index contributed by atoms with van der Waals surface area (Å²) >= 11 is 0. The zero-order valence-corrected chi connectivity index (χ0v) is 11.8. The molecule has 0 amide bonds. The Labute approximate surface area is 121 Å². The maximum Gasteiger partial charge on any atom is 0.573 e. The Kier molecular flexibility index (Phi) is 6.02. The largest absolute Gasteiger partial charge is 0.573 e. The number of aromatic nitrogens is 1. The average Bonchev–Trinajstić information content (AvgIpc) is 2.38. The van der Waals surface area contributed by atoms with Crippen LogP contribution in [0, 0.1) is 0 Å². The van der Waals surface area contributed by atoms with Crippen LogP contribution in [0.1, 0.15) is 20.3 Å². The molecule has 2 N–H and O–H groups in total. The van der Waals surface area contributed by atoms with Gasteiger partial charge < -0.3 is 10.5 Å². The van der Waals surface area contributed by atoms with E-state index in [0.29, 0.717) is 11.1 Å². The van der Waals surface area contributed by atoms with E-state index in [1.165, 1.54) is 36.9 Å². The average molecular weight is 298 g/mol. The summed E-state index contributed by atoms with van der Waals surface area (Å²) in [4.78, 5) is 3.78. The summed E-state index contributed by atoms with van der Waals surface area (Å²) in [6.45, 7) is 4.25. The zero-order chi connectivity index (χ0) is 15.9. The molecule has 0 saturated carbocycles. The number of hydrogen-bond donors (Lipinski definition) is 1. The molecule has 0 spiro atoms. The minimum Gasteiger partial charge on any atom is -0.405 e. The monoisotopic (exact) mass is 298 g/mol. The van der Waals surface area contributed by atoms with Gasteiger partial charge in [-0.3, -0.25) is 0 Å². The number of para-hydroxylation sites is 1. The second kappa shape index (κ2) is 7.52. The van der Waals surface area contributed by atoms with E-state index in [1.807, 2.05) is 0 Å². The Morgan fingerprint density at radius 3 is 2.33 bits per heavy atom. The number of ether oxygens (including phenoxy) is 1. The number of halogens is 3. The first-order valence-electron chi connectivity index (χ1n) is 6.44. The van der Waals surface area contributed by atoms with Gasteiger partial charge >= 0.3 is 6.36 Å². The van der Waals surface area contributed by atoms with Crippen molar-refractivity contribution < 1.29 is 17.9 Å². The highest BCUT2D eigenvalue weighted by molar-refractivity contribution is 5.71. The fraction of sp³-hybridized carbons (Fsp3) is 0.267. The van der Waals surface area contributed by atoms with Gasteiger partial charge in [0, 0.05) is 11.8 Å². The van der Waals surface area contributed by atoms with Crippen molar-refractivity contribution >= 4 is 5.82 Å². The standard InChI is InChI=1S/C12H9F3N2O.C3H8/c13-12(14,15)18-10-4-2-1-3-9(10)8-5-6-17-11(16)7-8;1-3-2/h1-7H,(H2,16,17);3H2,1-2H3. The van der Waals surface area contributed by atoms with Gasteiger partial charge in [-0.05, 0) is 23.8 Å². The number of anilines is 1. The SMILES string of the molecule is CCC.Nc1cc(-c2ccccc2OC(F)(F)F)ccn1. The van der Waals surface area contributed by atoms with Gasteiger partial charge in [-0.2, -0.15) is 0 Å². The first-order valence-corrected chi connectivity index (χ1v) is 6.44. The number of nitrogens with two attached hydrogens (primary N) is 1. The van der Waals surface area contributed by atoms with Crippen molar-refractivity contribution in [3.05, 3.63) is 42.6 Å². The summed E-state index contributed by atoms with van der Waals surface area (Å²) in [6.07, 6.45) is -2.05. The number of alkyl halides is 3. The van der Waals surface area contributed by atoms with Gasteiger partial charge in [0.15, 0.2) is 0 Å². The van der Waals surface area contributed by atoms with Gasteiger partial charge in [-0.25, -0.2) is 4.98 Å². The van der Waals surface area contributed by atoms with Crippen LogP contribution in [0.15, 0.2) is 42.6 Å². The van der Waals surface area contributed by atoms with Crippen LogP contribution in [-0.4, -0.2) is 11.3 Å². The van der Waals surface area contributed by atoms with Crippen LogP contribution in [0.5, 0.6) is 5.75 Å². The van der Waals surface area contributed by atoms with Crippen LogP contribution in [0.3, 0.4) is 0 Å². The summed E-state index contributed by atoms with van der Waals surface area (Å²) < 4.78 is 40.7. The molecular formula is C15H17F3N2O. The molecule has 0 atom stereocenters. The third-order valence-corrected chi connectivity index (χ3v) is 2.20. The molecule has 0 saturated heterocycles. The molecule has 1 aromatic heterocycles. The predicted molar refractivity (Wildman–Crippen MR) is 76.7 cm³/mol. The molecule has 2 aromatic rings. The first-order chi connectivity index (χ1) is 9.87. The number of rotatable bonds is 2. The second-order valence-electron chi connectivity index (χ2n) is 4.22. The third kappa shape index (κ3) is 5.72. The van der Waals surface area contributed by atoms with E-state index in [1.54, 1.807) is 12.1 Å². The Balaban J connectivity index is 0.000000677. The molecule has 21 heavy (non-hydrogen) atoms. The van der Waals surface area contributed by atoms with Crippen molar-refractivity contribution in [1.29, 1.82) is 0 Å². The molecule has 6 heteroatoms. The van der Waals surface area contributed by atoms with Gasteiger partial charge in [-0.15, -0.1) is 13.2 Å². The maximum absolute atomic E-state index is 12.3. The van der Waals surface area contributed by atoms with E-state index in [2.05, 4.69) is 23.6 Å². The molecule has 0 bridgehead atoms. The molecule has 1 heterocycles. The topological polar surface area (TPSA) is 48.1 Å². The van der Waals surface area contributed by atoms with Crippen LogP contribution in [0.25, 0.3) is 11.1 Å². The fourth-order valence-electron chi connectivity index (χ4n) is 1.53. The number of pyridine rings is 1. The maximum atomic E-state index is 12.3. The molecule has 1 aromatic carbocycles. The number of nitrogen functional groups attached to an aromatic ring is 1. The Bertz CT molecular complexity index is 571. The van der Waals surface area contributed by atoms with Crippen LogP contribution < -0.4 is 10.5 Å². The van der Waals surface area contributed by atoms with Crippen LogP contribution in [0.2, 0.25) is 0 Å². The zero-order valence-electron chi connectivity index (χ0n) is 11.8. The Morgan fingerprint density at radius 1 is 1.14 bits per heavy atom. The summed E-state index contributed by atoms with van der Waals surface area (Å²) in [7, 11) is 0. The molecule has 0 aliphatic rings. The van der Waals surface area contributed by atoms with Crippen molar-refractivity contribution in [3.8, 4) is 16.9 Å². The van der Waals surface area contributed by atoms with E-state index in [9.17, 15) is 13.2 Å². The van der Waals surface area contributed by atoms with Gasteiger partial charge in [-0.1, -0.05) is 38.5 Å². The molecule has 3 nitrogen and oxygen atoms in total. The molecule has 114 valence electrons. The second-order valence-corrected chi connectivity index (χ2v) is 4.22. The van der Waals surface area contributed by atoms with E-state index >= 15 is 0 Å². The van der Waals surface area contributed by atoms with Crippen molar-refractivity contribution in [2.75, 3.05) is 5.73 Å². The summed E-state index contributed by atoms with van der Waals surface area (Å²) in [6, 6.07) is 8.91. The predicted octanol–water partition coefficient (Wildman–Crippen LogP) is 4.65. The van der Waals surface area contributed by atoms with Gasteiger partial charge in [0.1, 0.15) is 11.6 Å². The van der Waals surface area contributed by atoms with Crippen LogP contribution in [-0.2, 0) is 0 Å². The van der Waals surface area contributed by atoms with E-state index in [-0.39, 0.29) is 11.6 Å². The van der Waals surface area contributed by atoms with Gasteiger partial charge in [0.2, 0.25) is 0 Å². The number of benzene rings is 1. The fourth-order valence-corrected chi connectivity index (χ4v) is 1.53. The first kappa shape index (κ1) is 16.8. The molecule has 0 aliphatic heterocycles. The van der Waals surface area contributed by atoms with Gasteiger partial charge in [0.25, 0.3) is 0 Å².